The van der Waals surface area contributed by atoms with Crippen LogP contribution in [0.3, 0.4) is 0 Å². The van der Waals surface area contributed by atoms with Gasteiger partial charge in [-0.25, -0.2) is 9.97 Å². The first-order chi connectivity index (χ1) is 12.2. The standard InChI is InChI=1S/C17H23N7O/c1-3-13-9-14(24-17(21-13)19-11-20-24)23-7-4-5-12(10-23)15(25)16-18-6-8-22(16)2/h6,8-9,11-12,15,25H,3-5,7,10H2,1-2H3. The Hall–Kier alpha value is -2.48. The van der Waals surface area contributed by atoms with Gasteiger partial charge in [-0.1, -0.05) is 6.92 Å². The van der Waals surface area contributed by atoms with Crippen molar-refractivity contribution in [1.29, 1.82) is 0 Å². The number of fused-ring (bicyclic) bond motifs is 1. The van der Waals surface area contributed by atoms with Gasteiger partial charge in [-0.05, 0) is 19.3 Å². The zero-order valence-electron chi connectivity index (χ0n) is 14.6. The monoisotopic (exact) mass is 341 g/mol. The first-order valence-corrected chi connectivity index (χ1v) is 8.77. The van der Waals surface area contributed by atoms with Crippen LogP contribution in [0.5, 0.6) is 0 Å². The highest BCUT2D eigenvalue weighted by Crippen LogP contribution is 2.31. The van der Waals surface area contributed by atoms with Crippen LogP contribution in [0, 0.1) is 5.92 Å². The van der Waals surface area contributed by atoms with E-state index in [1.54, 1.807) is 10.7 Å². The van der Waals surface area contributed by atoms with Crippen LogP contribution in [0.2, 0.25) is 0 Å². The number of aromatic nitrogens is 6. The van der Waals surface area contributed by atoms with Gasteiger partial charge in [0.1, 0.15) is 24.1 Å². The Labute approximate surface area is 146 Å². The molecule has 8 nitrogen and oxygen atoms in total. The minimum Gasteiger partial charge on any atom is -0.385 e. The van der Waals surface area contributed by atoms with Crippen molar-refractivity contribution in [3.05, 3.63) is 36.3 Å². The normalized spacial score (nSPS) is 19.5. The molecule has 3 aromatic rings. The van der Waals surface area contributed by atoms with Crippen LogP contribution in [-0.2, 0) is 13.5 Å². The fourth-order valence-electron chi connectivity index (χ4n) is 3.60. The lowest BCUT2D eigenvalue weighted by Gasteiger charge is -2.36. The maximum Gasteiger partial charge on any atom is 0.254 e. The van der Waals surface area contributed by atoms with Crippen molar-refractivity contribution in [2.45, 2.75) is 32.3 Å². The first-order valence-electron chi connectivity index (χ1n) is 8.77. The Morgan fingerprint density at radius 3 is 3.00 bits per heavy atom. The molecule has 1 saturated heterocycles. The Balaban J connectivity index is 1.63. The molecule has 8 heteroatoms. The van der Waals surface area contributed by atoms with Crippen LogP contribution < -0.4 is 4.90 Å². The van der Waals surface area contributed by atoms with E-state index in [2.05, 4.69) is 37.9 Å². The molecule has 0 aromatic carbocycles. The van der Waals surface area contributed by atoms with Gasteiger partial charge in [0.15, 0.2) is 0 Å². The number of anilines is 1. The number of aryl methyl sites for hydroxylation is 2. The summed E-state index contributed by atoms with van der Waals surface area (Å²) in [5.41, 5.74) is 1.00. The summed E-state index contributed by atoms with van der Waals surface area (Å²) < 4.78 is 3.68. The average Bonchev–Trinajstić information content (AvgIpc) is 3.28. The van der Waals surface area contributed by atoms with Gasteiger partial charge in [0.05, 0.1) is 0 Å². The number of aliphatic hydroxyl groups is 1. The molecule has 1 fully saturated rings. The van der Waals surface area contributed by atoms with Gasteiger partial charge in [0.25, 0.3) is 5.78 Å². The molecule has 2 unspecified atom stereocenters. The van der Waals surface area contributed by atoms with Crippen molar-refractivity contribution in [3.8, 4) is 0 Å². The predicted octanol–water partition coefficient (Wildman–Crippen LogP) is 1.37. The minimum atomic E-state index is -0.568. The van der Waals surface area contributed by atoms with E-state index in [9.17, 15) is 5.11 Å². The summed E-state index contributed by atoms with van der Waals surface area (Å²) >= 11 is 0. The second kappa shape index (κ2) is 6.44. The molecular formula is C17H23N7O. The van der Waals surface area contributed by atoms with Gasteiger partial charge >= 0.3 is 0 Å². The van der Waals surface area contributed by atoms with Crippen LogP contribution in [0.25, 0.3) is 5.78 Å². The largest absolute Gasteiger partial charge is 0.385 e. The Morgan fingerprint density at radius 2 is 2.24 bits per heavy atom. The molecule has 132 valence electrons. The molecular weight excluding hydrogens is 318 g/mol. The number of aliphatic hydroxyl groups excluding tert-OH is 1. The zero-order valence-corrected chi connectivity index (χ0v) is 14.6. The van der Waals surface area contributed by atoms with Crippen LogP contribution in [0.4, 0.5) is 5.82 Å². The molecule has 0 saturated carbocycles. The molecule has 3 aromatic heterocycles. The van der Waals surface area contributed by atoms with E-state index in [-0.39, 0.29) is 5.92 Å². The van der Waals surface area contributed by atoms with Gasteiger partial charge in [-0.3, -0.25) is 0 Å². The highest BCUT2D eigenvalue weighted by molar-refractivity contribution is 5.47. The minimum absolute atomic E-state index is 0.131. The van der Waals surface area contributed by atoms with Crippen molar-refractivity contribution in [1.82, 2.24) is 29.1 Å². The van der Waals surface area contributed by atoms with E-state index in [4.69, 9.17) is 0 Å². The number of nitrogens with zero attached hydrogens (tertiary/aromatic N) is 7. The highest BCUT2D eigenvalue weighted by Gasteiger charge is 2.30. The lowest BCUT2D eigenvalue weighted by molar-refractivity contribution is 0.0873. The molecule has 1 aliphatic rings. The van der Waals surface area contributed by atoms with Gasteiger partial charge in [0.2, 0.25) is 0 Å². The molecule has 4 heterocycles. The molecule has 4 rings (SSSR count). The van der Waals surface area contributed by atoms with Gasteiger partial charge in [0, 0.05) is 50.2 Å². The summed E-state index contributed by atoms with van der Waals surface area (Å²) in [5, 5.41) is 15.1. The van der Waals surface area contributed by atoms with Crippen molar-refractivity contribution in [2.24, 2.45) is 13.0 Å². The fourth-order valence-corrected chi connectivity index (χ4v) is 3.60. The van der Waals surface area contributed by atoms with Crippen molar-refractivity contribution in [3.63, 3.8) is 0 Å². The Bertz CT molecular complexity index is 871. The van der Waals surface area contributed by atoms with E-state index < -0.39 is 6.10 Å². The lowest BCUT2D eigenvalue weighted by atomic mass is 9.92. The summed E-state index contributed by atoms with van der Waals surface area (Å²) in [6.45, 7) is 3.78. The van der Waals surface area contributed by atoms with Crippen molar-refractivity contribution < 1.29 is 5.11 Å². The average molecular weight is 341 g/mol. The fraction of sp³-hybridized carbons (Fsp3) is 0.529. The van der Waals surface area contributed by atoms with E-state index >= 15 is 0 Å². The molecule has 0 amide bonds. The highest BCUT2D eigenvalue weighted by atomic mass is 16.3. The zero-order chi connectivity index (χ0) is 17.4. The summed E-state index contributed by atoms with van der Waals surface area (Å²) in [5.74, 6) is 2.48. The third kappa shape index (κ3) is 2.86. The number of imidazole rings is 1. The van der Waals surface area contributed by atoms with Crippen molar-refractivity contribution in [2.75, 3.05) is 18.0 Å². The number of piperidine rings is 1. The summed E-state index contributed by atoms with van der Waals surface area (Å²) in [4.78, 5) is 15.4. The van der Waals surface area contributed by atoms with E-state index in [0.717, 1.165) is 49.7 Å². The van der Waals surface area contributed by atoms with Crippen LogP contribution >= 0.6 is 0 Å². The molecule has 1 N–H and O–H groups in total. The van der Waals surface area contributed by atoms with E-state index in [1.165, 1.54) is 6.33 Å². The molecule has 0 bridgehead atoms. The van der Waals surface area contributed by atoms with E-state index in [0.29, 0.717) is 5.78 Å². The second-order valence-electron chi connectivity index (χ2n) is 6.62. The third-order valence-corrected chi connectivity index (χ3v) is 5.00. The molecule has 25 heavy (non-hydrogen) atoms. The SMILES string of the molecule is CCc1cc(N2CCCC(C(O)c3nccn3C)C2)n2ncnc2n1. The third-order valence-electron chi connectivity index (χ3n) is 5.00. The topological polar surface area (TPSA) is 84.4 Å². The molecule has 0 radical (unpaired) electrons. The number of rotatable bonds is 4. The van der Waals surface area contributed by atoms with Crippen molar-refractivity contribution >= 4 is 11.6 Å². The Morgan fingerprint density at radius 1 is 1.36 bits per heavy atom. The first kappa shape index (κ1) is 16.0. The van der Waals surface area contributed by atoms with Gasteiger partial charge in [-0.2, -0.15) is 14.6 Å². The van der Waals surface area contributed by atoms with Gasteiger partial charge in [-0.15, -0.1) is 0 Å². The van der Waals surface area contributed by atoms with Crippen LogP contribution in [0.15, 0.2) is 24.8 Å². The molecule has 0 spiro atoms. The quantitative estimate of drug-likeness (QED) is 0.771. The number of hydrogen-bond donors (Lipinski definition) is 1. The molecule has 0 aliphatic carbocycles. The summed E-state index contributed by atoms with van der Waals surface area (Å²) in [6, 6.07) is 2.08. The maximum atomic E-state index is 10.8. The summed E-state index contributed by atoms with van der Waals surface area (Å²) in [6.07, 6.45) is 7.42. The summed E-state index contributed by atoms with van der Waals surface area (Å²) in [7, 11) is 1.92. The number of hydrogen-bond acceptors (Lipinski definition) is 6. The Kier molecular flexibility index (Phi) is 4.12. The van der Waals surface area contributed by atoms with E-state index in [1.807, 2.05) is 17.8 Å². The maximum absolute atomic E-state index is 10.8. The predicted molar refractivity (Wildman–Crippen MR) is 93.3 cm³/mol. The smallest absolute Gasteiger partial charge is 0.254 e. The van der Waals surface area contributed by atoms with Gasteiger partial charge < -0.3 is 14.6 Å². The lowest BCUT2D eigenvalue weighted by Crippen LogP contribution is -2.39. The van der Waals surface area contributed by atoms with Crippen LogP contribution in [0.1, 0.15) is 37.4 Å². The van der Waals surface area contributed by atoms with Crippen LogP contribution in [-0.4, -0.2) is 47.3 Å². The molecule has 2 atom stereocenters. The second-order valence-corrected chi connectivity index (χ2v) is 6.62. The molecule has 1 aliphatic heterocycles.